The minimum absolute atomic E-state index is 0.103. The summed E-state index contributed by atoms with van der Waals surface area (Å²) in [5.41, 5.74) is 0.723. The molecule has 2 aromatic rings. The lowest BCUT2D eigenvalue weighted by molar-refractivity contribution is 0.0294. The molecule has 1 amide bonds. The van der Waals surface area contributed by atoms with Gasteiger partial charge in [-0.15, -0.1) is 11.3 Å². The van der Waals surface area contributed by atoms with Crippen molar-refractivity contribution in [1.82, 2.24) is 4.90 Å². The van der Waals surface area contributed by atoms with Crippen LogP contribution in [0.15, 0.2) is 41.8 Å². The van der Waals surface area contributed by atoms with E-state index in [1.54, 1.807) is 11.3 Å². The van der Waals surface area contributed by atoms with E-state index >= 15 is 0 Å². The second-order valence-electron chi connectivity index (χ2n) is 6.13. The molecule has 0 atom stereocenters. The molecule has 0 aliphatic carbocycles. The third kappa shape index (κ3) is 4.83. The molecule has 2 heterocycles. The molecular weight excluding hydrogens is 334 g/mol. The zero-order chi connectivity index (χ0) is 17.5. The smallest absolute Gasteiger partial charge is 0.254 e. The van der Waals surface area contributed by atoms with Gasteiger partial charge in [-0.1, -0.05) is 6.07 Å². The summed E-state index contributed by atoms with van der Waals surface area (Å²) in [6.07, 6.45) is 2.72. The van der Waals surface area contributed by atoms with Gasteiger partial charge in [0.15, 0.2) is 0 Å². The molecule has 1 saturated heterocycles. The summed E-state index contributed by atoms with van der Waals surface area (Å²) in [6.45, 7) is 4.80. The first kappa shape index (κ1) is 18.0. The zero-order valence-electron chi connectivity index (χ0n) is 14.6. The normalized spacial score (nSPS) is 15.1. The monoisotopic (exact) mass is 359 g/mol. The molecular formula is C20H25NO3S. The lowest BCUT2D eigenvalue weighted by Crippen LogP contribution is -2.44. The maximum atomic E-state index is 13.1. The Balaban J connectivity index is 1.73. The summed E-state index contributed by atoms with van der Waals surface area (Å²) in [5.74, 6) is 0.904. The molecule has 1 aliphatic rings. The van der Waals surface area contributed by atoms with Gasteiger partial charge in [0, 0.05) is 36.2 Å². The van der Waals surface area contributed by atoms with Crippen LogP contribution in [0.25, 0.3) is 0 Å². The van der Waals surface area contributed by atoms with E-state index < -0.39 is 0 Å². The van der Waals surface area contributed by atoms with Crippen molar-refractivity contribution < 1.29 is 14.3 Å². The van der Waals surface area contributed by atoms with E-state index in [9.17, 15) is 4.79 Å². The molecule has 0 spiro atoms. The van der Waals surface area contributed by atoms with Crippen LogP contribution in [0.3, 0.4) is 0 Å². The maximum absolute atomic E-state index is 13.1. The van der Waals surface area contributed by atoms with Crippen molar-refractivity contribution in [3.8, 4) is 5.75 Å². The van der Waals surface area contributed by atoms with Crippen molar-refractivity contribution in [2.24, 2.45) is 0 Å². The van der Waals surface area contributed by atoms with Crippen molar-refractivity contribution >= 4 is 17.2 Å². The zero-order valence-corrected chi connectivity index (χ0v) is 15.5. The third-order valence-corrected chi connectivity index (χ3v) is 5.42. The van der Waals surface area contributed by atoms with Crippen molar-refractivity contribution in [2.45, 2.75) is 32.2 Å². The summed E-state index contributed by atoms with van der Waals surface area (Å²) >= 11 is 1.75. The number of hydrogen-bond acceptors (Lipinski definition) is 4. The fourth-order valence-corrected chi connectivity index (χ4v) is 3.86. The first-order chi connectivity index (χ1) is 12.3. The molecule has 1 fully saturated rings. The number of hydrogen-bond donors (Lipinski definition) is 0. The van der Waals surface area contributed by atoms with Crippen LogP contribution in [0, 0.1) is 0 Å². The largest absolute Gasteiger partial charge is 0.494 e. The number of rotatable bonds is 7. The summed E-state index contributed by atoms with van der Waals surface area (Å²) in [7, 11) is 0. The van der Waals surface area contributed by atoms with Crippen molar-refractivity contribution in [3.63, 3.8) is 0 Å². The Labute approximate surface area is 153 Å². The second-order valence-corrected chi connectivity index (χ2v) is 7.16. The van der Waals surface area contributed by atoms with Crippen LogP contribution in [0.4, 0.5) is 0 Å². The molecule has 1 aliphatic heterocycles. The van der Waals surface area contributed by atoms with Crippen LogP contribution < -0.4 is 4.74 Å². The van der Waals surface area contributed by atoms with E-state index in [2.05, 4.69) is 17.5 Å². The van der Waals surface area contributed by atoms with Gasteiger partial charge in [-0.3, -0.25) is 4.79 Å². The molecule has 0 radical (unpaired) electrons. The van der Waals surface area contributed by atoms with Crippen molar-refractivity contribution in [1.29, 1.82) is 0 Å². The Kier molecular flexibility index (Phi) is 6.48. The van der Waals surface area contributed by atoms with Crippen LogP contribution >= 0.6 is 11.3 Å². The van der Waals surface area contributed by atoms with Gasteiger partial charge in [0.2, 0.25) is 0 Å². The Morgan fingerprint density at radius 3 is 2.64 bits per heavy atom. The topological polar surface area (TPSA) is 38.8 Å². The number of amides is 1. The molecule has 4 nitrogen and oxygen atoms in total. The molecule has 0 saturated carbocycles. The van der Waals surface area contributed by atoms with Gasteiger partial charge in [-0.2, -0.15) is 0 Å². The van der Waals surface area contributed by atoms with E-state index in [-0.39, 0.29) is 11.9 Å². The van der Waals surface area contributed by atoms with Crippen LogP contribution in [0.1, 0.15) is 35.0 Å². The first-order valence-electron chi connectivity index (χ1n) is 8.92. The minimum Gasteiger partial charge on any atom is -0.494 e. The Bertz CT molecular complexity index is 648. The fraction of sp³-hybridized carbons (Fsp3) is 0.450. The highest BCUT2D eigenvalue weighted by Crippen LogP contribution is 2.21. The summed E-state index contributed by atoms with van der Waals surface area (Å²) < 4.78 is 10.9. The molecule has 0 unspecified atom stereocenters. The average Bonchev–Trinajstić information content (AvgIpc) is 3.17. The second kappa shape index (κ2) is 9.02. The molecule has 1 aromatic heterocycles. The minimum atomic E-state index is 0.103. The number of nitrogens with zero attached hydrogens (tertiary/aromatic N) is 1. The highest BCUT2D eigenvalue weighted by atomic mass is 32.1. The Morgan fingerprint density at radius 1 is 1.24 bits per heavy atom. The molecule has 134 valence electrons. The molecule has 25 heavy (non-hydrogen) atoms. The molecule has 1 aromatic carbocycles. The predicted octanol–water partition coefficient (Wildman–Crippen LogP) is 4.01. The van der Waals surface area contributed by atoms with Gasteiger partial charge in [-0.05, 0) is 61.9 Å². The Hall–Kier alpha value is -1.85. The first-order valence-corrected chi connectivity index (χ1v) is 9.80. The van der Waals surface area contributed by atoms with E-state index in [0.29, 0.717) is 6.61 Å². The van der Waals surface area contributed by atoms with Gasteiger partial charge in [0.1, 0.15) is 5.75 Å². The average molecular weight is 359 g/mol. The number of carbonyl (C=O) groups excluding carboxylic acids is 1. The van der Waals surface area contributed by atoms with Gasteiger partial charge in [-0.25, -0.2) is 0 Å². The summed E-state index contributed by atoms with van der Waals surface area (Å²) in [4.78, 5) is 16.5. The van der Waals surface area contributed by atoms with E-state index in [4.69, 9.17) is 9.47 Å². The highest BCUT2D eigenvalue weighted by Gasteiger charge is 2.26. The SMILES string of the molecule is CCOc1ccc(C(=O)N(CCc2cccs2)C2CCOCC2)cc1. The van der Waals surface area contributed by atoms with Gasteiger partial charge in [0.05, 0.1) is 6.61 Å². The number of carbonyl (C=O) groups is 1. The van der Waals surface area contributed by atoms with Crippen LogP contribution in [-0.2, 0) is 11.2 Å². The van der Waals surface area contributed by atoms with Gasteiger partial charge in [0.25, 0.3) is 5.91 Å². The molecule has 5 heteroatoms. The molecule has 0 N–H and O–H groups in total. The molecule has 0 bridgehead atoms. The third-order valence-electron chi connectivity index (χ3n) is 4.48. The molecule has 3 rings (SSSR count). The number of ether oxygens (including phenoxy) is 2. The number of benzene rings is 1. The van der Waals surface area contributed by atoms with Crippen LogP contribution in [-0.4, -0.2) is 43.2 Å². The highest BCUT2D eigenvalue weighted by molar-refractivity contribution is 7.09. The summed E-state index contributed by atoms with van der Waals surface area (Å²) in [5, 5.41) is 2.09. The Morgan fingerprint density at radius 2 is 2.00 bits per heavy atom. The lowest BCUT2D eigenvalue weighted by atomic mass is 10.0. The lowest BCUT2D eigenvalue weighted by Gasteiger charge is -2.34. The fourth-order valence-electron chi connectivity index (χ4n) is 3.16. The van der Waals surface area contributed by atoms with E-state index in [1.807, 2.05) is 36.1 Å². The summed E-state index contributed by atoms with van der Waals surface area (Å²) in [6, 6.07) is 11.9. The predicted molar refractivity (Wildman–Crippen MR) is 101 cm³/mol. The van der Waals surface area contributed by atoms with E-state index in [0.717, 1.165) is 50.3 Å². The van der Waals surface area contributed by atoms with Gasteiger partial charge >= 0.3 is 0 Å². The van der Waals surface area contributed by atoms with Crippen LogP contribution in [0.2, 0.25) is 0 Å². The standard InChI is InChI=1S/C20H25NO3S/c1-2-24-18-7-5-16(6-8-18)20(22)21(17-10-13-23-14-11-17)12-9-19-4-3-15-25-19/h3-8,15,17H,2,9-14H2,1H3. The number of thiophene rings is 1. The van der Waals surface area contributed by atoms with Gasteiger partial charge < -0.3 is 14.4 Å². The van der Waals surface area contributed by atoms with Crippen molar-refractivity contribution in [3.05, 3.63) is 52.2 Å². The van der Waals surface area contributed by atoms with Crippen LogP contribution in [0.5, 0.6) is 5.75 Å². The maximum Gasteiger partial charge on any atom is 0.254 e. The van der Waals surface area contributed by atoms with Crippen molar-refractivity contribution in [2.75, 3.05) is 26.4 Å². The quantitative estimate of drug-likeness (QED) is 0.750. The van der Waals surface area contributed by atoms with E-state index in [1.165, 1.54) is 4.88 Å².